The zero-order valence-electron chi connectivity index (χ0n) is 6.39. The first-order valence-corrected chi connectivity index (χ1v) is 9.62. The van der Waals surface area contributed by atoms with Gasteiger partial charge in [0, 0.05) is 0 Å². The SMILES string of the molecule is [Fe+3].[O-][Br+3]([O-])([O-])[O-].[O-][Br+3]([O-])([O-])[O-].[O-][Br+3]([O-])([O-])[O-]. The third-order valence-electron chi connectivity index (χ3n) is 0. The van der Waals surface area contributed by atoms with E-state index in [1.54, 1.807) is 0 Å². The zero-order valence-corrected chi connectivity index (χ0v) is 12.2. The Morgan fingerprint density at radius 3 is 0.312 bits per heavy atom. The molecular formula is Br3FeO12. The topological polar surface area (TPSA) is 277 Å². The van der Waals surface area contributed by atoms with E-state index in [4.69, 9.17) is 50.4 Å². The van der Waals surface area contributed by atoms with Gasteiger partial charge in [0.05, 0.1) is 42.3 Å². The van der Waals surface area contributed by atoms with E-state index >= 15 is 0 Å². The number of rotatable bonds is 0. The predicted molar refractivity (Wildman–Crippen MR) is 0 cm³/mol. The van der Waals surface area contributed by atoms with E-state index in [1.165, 1.54) is 0 Å². The molecule has 16 heavy (non-hydrogen) atoms. The molecule has 0 aliphatic heterocycles. The largest absolute Gasteiger partial charge is 3.00 e. The van der Waals surface area contributed by atoms with Gasteiger partial charge < -0.3 is 0 Å². The van der Waals surface area contributed by atoms with Gasteiger partial charge in [0.1, 0.15) is 0 Å². The second kappa shape index (κ2) is 10.4. The Morgan fingerprint density at radius 2 is 0.312 bits per heavy atom. The van der Waals surface area contributed by atoms with Crippen molar-refractivity contribution in [2.24, 2.45) is 0 Å². The molecule has 0 amide bonds. The van der Waals surface area contributed by atoms with Crippen LogP contribution in [0, 0.1) is 42.3 Å². The van der Waals surface area contributed by atoms with Crippen molar-refractivity contribution in [3.05, 3.63) is 0 Å². The van der Waals surface area contributed by atoms with Crippen LogP contribution in [0.3, 0.4) is 0 Å². The van der Waals surface area contributed by atoms with Crippen molar-refractivity contribution in [3.8, 4) is 0 Å². The average Bonchev–Trinajstić information content (AvgIpc) is 1.41. The molecule has 0 aromatic rings. The van der Waals surface area contributed by atoms with Crippen molar-refractivity contribution < 1.29 is 110 Å². The summed E-state index contributed by atoms with van der Waals surface area (Å²) >= 11 is -16.9. The molecule has 0 fully saturated rings. The van der Waals surface area contributed by atoms with Crippen molar-refractivity contribution in [3.63, 3.8) is 0 Å². The monoisotopic (exact) mass is 485 g/mol. The Labute approximate surface area is 109 Å². The maximum absolute atomic E-state index is 8.58. The molecule has 0 bridgehead atoms. The van der Waals surface area contributed by atoms with E-state index in [-0.39, 0.29) is 17.1 Å². The Hall–Kier alpha value is 1.48. The number of hydrogen-bond acceptors (Lipinski definition) is 12. The van der Waals surface area contributed by atoms with Gasteiger partial charge in [-0.1, -0.05) is 0 Å². The summed E-state index contributed by atoms with van der Waals surface area (Å²) in [5, 5.41) is 0. The van der Waals surface area contributed by atoms with Crippen LogP contribution in [-0.2, 0) is 17.1 Å². The molecule has 0 heterocycles. The first kappa shape index (κ1) is 26.1. The summed E-state index contributed by atoms with van der Waals surface area (Å²) in [6.45, 7) is 0. The van der Waals surface area contributed by atoms with E-state index < -0.39 is 42.3 Å². The van der Waals surface area contributed by atoms with Crippen LogP contribution in [0.4, 0.5) is 0 Å². The van der Waals surface area contributed by atoms with Crippen molar-refractivity contribution in [1.29, 1.82) is 0 Å². The standard InChI is InChI=1S/3BrO4.Fe/c3*2-1(3,4)5;/q3*-1;+3. The maximum Gasteiger partial charge on any atom is 3.00 e. The zero-order chi connectivity index (χ0) is 13.5. The van der Waals surface area contributed by atoms with Crippen LogP contribution in [0.1, 0.15) is 0 Å². The minimum absolute atomic E-state index is 0. The van der Waals surface area contributed by atoms with Crippen molar-refractivity contribution >= 4 is 0 Å². The summed E-state index contributed by atoms with van der Waals surface area (Å²) in [6, 6.07) is 0. The van der Waals surface area contributed by atoms with Crippen molar-refractivity contribution in [2.45, 2.75) is 0 Å². The molecule has 0 saturated heterocycles. The normalized spacial score (nSPS) is 11.2. The maximum atomic E-state index is 8.58. The first-order valence-electron chi connectivity index (χ1n) is 1.85. The summed E-state index contributed by atoms with van der Waals surface area (Å²) < 4.78 is 103. The van der Waals surface area contributed by atoms with Crippen LogP contribution in [0.15, 0.2) is 0 Å². The van der Waals surface area contributed by atoms with Gasteiger partial charge in [-0.25, -0.2) is 0 Å². The molecule has 12 nitrogen and oxygen atoms in total. The van der Waals surface area contributed by atoms with Crippen molar-refractivity contribution in [1.82, 2.24) is 0 Å². The number of halogens is 3. The smallest absolute Gasteiger partial charge is 0.264 e. The summed E-state index contributed by atoms with van der Waals surface area (Å²) in [5.74, 6) is 0. The van der Waals surface area contributed by atoms with E-state index in [0.717, 1.165) is 0 Å². The Kier molecular flexibility index (Phi) is 17.0. The van der Waals surface area contributed by atoms with Gasteiger partial charge in [0.15, 0.2) is 0 Å². The van der Waals surface area contributed by atoms with E-state index in [0.29, 0.717) is 0 Å². The fourth-order valence-electron chi connectivity index (χ4n) is 0. The minimum atomic E-state index is -5.62. The molecule has 0 spiro atoms. The number of hydrogen-bond donors (Lipinski definition) is 0. The van der Waals surface area contributed by atoms with Crippen LogP contribution in [0.25, 0.3) is 0 Å². The molecule has 0 aromatic heterocycles. The molecule has 0 atom stereocenters. The van der Waals surface area contributed by atoms with Crippen molar-refractivity contribution in [2.75, 3.05) is 0 Å². The quantitative estimate of drug-likeness (QED) is 0.288. The second-order valence-corrected chi connectivity index (χ2v) is 5.89. The molecule has 0 saturated carbocycles. The van der Waals surface area contributed by atoms with Gasteiger partial charge >= 0.3 is 17.1 Å². The third-order valence-corrected chi connectivity index (χ3v) is 0. The Bertz CT molecular complexity index is 91.3. The van der Waals surface area contributed by atoms with Gasteiger partial charge in [0.25, 0.3) is 0 Å². The molecular weight excluding hydrogens is 488 g/mol. The second-order valence-electron chi connectivity index (χ2n) is 1.13. The van der Waals surface area contributed by atoms with Gasteiger partial charge in [-0.2, -0.15) is 0 Å². The van der Waals surface area contributed by atoms with E-state index in [9.17, 15) is 0 Å². The molecule has 0 aliphatic rings. The minimum Gasteiger partial charge on any atom is -0.264 e. The van der Waals surface area contributed by atoms with Crippen LogP contribution < -0.4 is 50.4 Å². The predicted octanol–water partition coefficient (Wildman–Crippen LogP) is -14.3. The molecule has 0 rings (SSSR count). The first-order chi connectivity index (χ1) is 6.00. The summed E-state index contributed by atoms with van der Waals surface area (Å²) in [4.78, 5) is 0. The van der Waals surface area contributed by atoms with Crippen LogP contribution >= 0.6 is 0 Å². The van der Waals surface area contributed by atoms with Gasteiger partial charge in [-0.15, -0.1) is 0 Å². The molecule has 0 unspecified atom stereocenters. The third kappa shape index (κ3) is 1480. The Morgan fingerprint density at radius 1 is 0.312 bits per heavy atom. The summed E-state index contributed by atoms with van der Waals surface area (Å²) in [5.41, 5.74) is 0. The molecule has 0 aliphatic carbocycles. The van der Waals surface area contributed by atoms with Gasteiger partial charge in [0.2, 0.25) is 0 Å². The summed E-state index contributed by atoms with van der Waals surface area (Å²) in [7, 11) is 0. The van der Waals surface area contributed by atoms with Crippen LogP contribution in [0.2, 0.25) is 0 Å². The fraction of sp³-hybridized carbons (Fsp3) is 0. The molecule has 101 valence electrons. The van der Waals surface area contributed by atoms with Gasteiger partial charge in [-0.3, -0.25) is 50.4 Å². The molecule has 0 aromatic carbocycles. The molecule has 0 N–H and O–H groups in total. The van der Waals surface area contributed by atoms with Crippen LogP contribution in [0.5, 0.6) is 0 Å². The Balaban J connectivity index is -0.0000000655. The average molecular weight is 488 g/mol. The van der Waals surface area contributed by atoms with Gasteiger partial charge in [-0.05, 0) is 0 Å². The molecule has 16 heteroatoms. The summed E-state index contributed by atoms with van der Waals surface area (Å²) in [6.07, 6.45) is 0. The molecule has 1 radical (unpaired) electrons. The van der Waals surface area contributed by atoms with E-state index in [1.807, 2.05) is 0 Å². The fourth-order valence-corrected chi connectivity index (χ4v) is 0. The van der Waals surface area contributed by atoms with E-state index in [2.05, 4.69) is 0 Å². The van der Waals surface area contributed by atoms with Crippen LogP contribution in [-0.4, -0.2) is 0 Å².